The number of H-pyrrole nitrogens is 1. The molecule has 0 bridgehead atoms. The van der Waals surface area contributed by atoms with Gasteiger partial charge in [0.05, 0.1) is 5.69 Å². The number of benzene rings is 3. The molecule has 3 heteroatoms. The van der Waals surface area contributed by atoms with Crippen LogP contribution in [0.5, 0.6) is 0 Å². The Bertz CT molecular complexity index is 1130. The first-order chi connectivity index (χ1) is 14.2. The molecule has 0 aliphatic carbocycles. The average molecular weight is 380 g/mol. The third kappa shape index (κ3) is 4.69. The molecule has 0 atom stereocenters. The predicted octanol–water partition coefficient (Wildman–Crippen LogP) is 5.65. The van der Waals surface area contributed by atoms with Gasteiger partial charge in [-0.25, -0.2) is 4.98 Å². The summed E-state index contributed by atoms with van der Waals surface area (Å²) < 4.78 is 0. The Morgan fingerprint density at radius 3 is 2.00 bits per heavy atom. The number of aromatic amines is 1. The van der Waals surface area contributed by atoms with Crippen molar-refractivity contribution in [2.75, 3.05) is 0 Å². The second-order valence-corrected chi connectivity index (χ2v) is 7.27. The lowest BCUT2D eigenvalue weighted by atomic mass is 10.00. The van der Waals surface area contributed by atoms with Crippen LogP contribution in [0.25, 0.3) is 22.5 Å². The highest BCUT2D eigenvalue weighted by atomic mass is 16.1. The van der Waals surface area contributed by atoms with E-state index in [1.54, 1.807) is 6.07 Å². The van der Waals surface area contributed by atoms with E-state index in [1.165, 1.54) is 16.7 Å². The van der Waals surface area contributed by atoms with Crippen LogP contribution in [0.2, 0.25) is 0 Å². The van der Waals surface area contributed by atoms with Gasteiger partial charge in [0.1, 0.15) is 5.82 Å². The van der Waals surface area contributed by atoms with Gasteiger partial charge in [-0.15, -0.1) is 0 Å². The van der Waals surface area contributed by atoms with Crippen molar-refractivity contribution in [3.63, 3.8) is 0 Å². The molecule has 0 aliphatic rings. The smallest absolute Gasteiger partial charge is 0.251 e. The van der Waals surface area contributed by atoms with Crippen LogP contribution in [0.3, 0.4) is 0 Å². The SMILES string of the molecule is CCCc1ccc(-c2ccc(Cc3cc(=O)[nH]c(-c4ccccc4)n3)cc2)cc1. The topological polar surface area (TPSA) is 45.8 Å². The molecule has 0 amide bonds. The van der Waals surface area contributed by atoms with Crippen LogP contribution < -0.4 is 5.56 Å². The summed E-state index contributed by atoms with van der Waals surface area (Å²) in [5.41, 5.74) is 6.48. The van der Waals surface area contributed by atoms with Crippen LogP contribution in [0, 0.1) is 0 Å². The normalized spacial score (nSPS) is 10.8. The maximum absolute atomic E-state index is 12.1. The number of hydrogen-bond donors (Lipinski definition) is 1. The van der Waals surface area contributed by atoms with Crippen LogP contribution in [-0.4, -0.2) is 9.97 Å². The Morgan fingerprint density at radius 2 is 1.38 bits per heavy atom. The lowest BCUT2D eigenvalue weighted by Gasteiger charge is -2.07. The van der Waals surface area contributed by atoms with Crippen LogP contribution in [0.4, 0.5) is 0 Å². The summed E-state index contributed by atoms with van der Waals surface area (Å²) in [5, 5.41) is 0. The molecule has 0 aliphatic heterocycles. The summed E-state index contributed by atoms with van der Waals surface area (Å²) in [6.07, 6.45) is 2.91. The minimum atomic E-state index is -0.127. The van der Waals surface area contributed by atoms with E-state index in [2.05, 4.69) is 65.4 Å². The summed E-state index contributed by atoms with van der Waals surface area (Å²) in [5.74, 6) is 0.608. The molecule has 0 fully saturated rings. The van der Waals surface area contributed by atoms with E-state index in [4.69, 9.17) is 0 Å². The molecule has 4 aromatic rings. The first kappa shape index (κ1) is 18.9. The maximum Gasteiger partial charge on any atom is 0.251 e. The van der Waals surface area contributed by atoms with Gasteiger partial charge in [-0.3, -0.25) is 4.79 Å². The maximum atomic E-state index is 12.1. The minimum absolute atomic E-state index is 0.127. The zero-order chi connectivity index (χ0) is 20.1. The highest BCUT2D eigenvalue weighted by Crippen LogP contribution is 2.22. The molecule has 0 radical (unpaired) electrons. The molecule has 144 valence electrons. The summed E-state index contributed by atoms with van der Waals surface area (Å²) in [4.78, 5) is 19.6. The van der Waals surface area contributed by atoms with Crippen molar-refractivity contribution in [1.82, 2.24) is 9.97 Å². The predicted molar refractivity (Wildman–Crippen MR) is 119 cm³/mol. The number of aromatic nitrogens is 2. The molecule has 29 heavy (non-hydrogen) atoms. The fourth-order valence-electron chi connectivity index (χ4n) is 3.51. The molecular formula is C26H24N2O. The number of rotatable bonds is 6. The van der Waals surface area contributed by atoms with Gasteiger partial charge in [0.2, 0.25) is 0 Å². The second-order valence-electron chi connectivity index (χ2n) is 7.27. The highest BCUT2D eigenvalue weighted by molar-refractivity contribution is 5.64. The molecule has 4 rings (SSSR count). The Morgan fingerprint density at radius 1 is 0.759 bits per heavy atom. The van der Waals surface area contributed by atoms with Crippen molar-refractivity contribution in [1.29, 1.82) is 0 Å². The standard InChI is InChI=1S/C26H24N2O/c1-2-6-19-9-13-21(14-10-19)22-15-11-20(12-16-22)17-24-18-25(29)28-26(27-24)23-7-4-3-5-8-23/h3-5,7-16,18H,2,6,17H2,1H3,(H,27,28,29). The van der Waals surface area contributed by atoms with Crippen molar-refractivity contribution in [3.05, 3.63) is 112 Å². The largest absolute Gasteiger partial charge is 0.307 e. The van der Waals surface area contributed by atoms with Gasteiger partial charge in [-0.05, 0) is 28.7 Å². The minimum Gasteiger partial charge on any atom is -0.307 e. The van der Waals surface area contributed by atoms with Crippen LogP contribution >= 0.6 is 0 Å². The van der Waals surface area contributed by atoms with Crippen LogP contribution in [0.1, 0.15) is 30.2 Å². The van der Waals surface area contributed by atoms with Gasteiger partial charge >= 0.3 is 0 Å². The Labute approximate surface area is 171 Å². The highest BCUT2D eigenvalue weighted by Gasteiger charge is 2.06. The molecule has 3 nitrogen and oxygen atoms in total. The average Bonchev–Trinajstić information content (AvgIpc) is 2.75. The number of nitrogens with zero attached hydrogens (tertiary/aromatic N) is 1. The Hall–Kier alpha value is -3.46. The molecule has 0 unspecified atom stereocenters. The van der Waals surface area contributed by atoms with E-state index < -0.39 is 0 Å². The molecular weight excluding hydrogens is 356 g/mol. The van der Waals surface area contributed by atoms with E-state index in [1.807, 2.05) is 30.3 Å². The lowest BCUT2D eigenvalue weighted by Crippen LogP contribution is -2.10. The number of aryl methyl sites for hydroxylation is 1. The molecule has 0 saturated carbocycles. The van der Waals surface area contributed by atoms with E-state index in [0.29, 0.717) is 12.2 Å². The summed E-state index contributed by atoms with van der Waals surface area (Å²) in [7, 11) is 0. The Kier molecular flexibility index (Phi) is 5.66. The molecule has 1 aromatic heterocycles. The molecule has 1 heterocycles. The van der Waals surface area contributed by atoms with Crippen LogP contribution in [-0.2, 0) is 12.8 Å². The van der Waals surface area contributed by atoms with Gasteiger partial charge in [-0.2, -0.15) is 0 Å². The van der Waals surface area contributed by atoms with Crippen molar-refractivity contribution >= 4 is 0 Å². The molecule has 3 aromatic carbocycles. The van der Waals surface area contributed by atoms with Gasteiger partial charge < -0.3 is 4.98 Å². The van der Waals surface area contributed by atoms with Gasteiger partial charge in [-0.1, -0.05) is 92.2 Å². The van der Waals surface area contributed by atoms with Gasteiger partial charge in [0.25, 0.3) is 5.56 Å². The third-order valence-corrected chi connectivity index (χ3v) is 5.01. The molecule has 1 N–H and O–H groups in total. The van der Waals surface area contributed by atoms with E-state index in [9.17, 15) is 4.79 Å². The summed E-state index contributed by atoms with van der Waals surface area (Å²) in [6.45, 7) is 2.20. The zero-order valence-electron chi connectivity index (χ0n) is 16.6. The molecule has 0 spiro atoms. The van der Waals surface area contributed by atoms with E-state index in [-0.39, 0.29) is 5.56 Å². The summed E-state index contributed by atoms with van der Waals surface area (Å²) >= 11 is 0. The van der Waals surface area contributed by atoms with Crippen molar-refractivity contribution < 1.29 is 0 Å². The van der Waals surface area contributed by atoms with Crippen molar-refractivity contribution in [3.8, 4) is 22.5 Å². The second kappa shape index (κ2) is 8.70. The fraction of sp³-hybridized carbons (Fsp3) is 0.154. The van der Waals surface area contributed by atoms with E-state index in [0.717, 1.165) is 29.7 Å². The van der Waals surface area contributed by atoms with Gasteiger partial charge in [0.15, 0.2) is 0 Å². The Balaban J connectivity index is 1.53. The zero-order valence-corrected chi connectivity index (χ0v) is 16.6. The first-order valence-corrected chi connectivity index (χ1v) is 10.0. The van der Waals surface area contributed by atoms with Crippen molar-refractivity contribution in [2.45, 2.75) is 26.2 Å². The number of nitrogens with one attached hydrogen (secondary N) is 1. The lowest BCUT2D eigenvalue weighted by molar-refractivity contribution is 0.922. The third-order valence-electron chi connectivity index (χ3n) is 5.01. The van der Waals surface area contributed by atoms with Crippen molar-refractivity contribution in [2.24, 2.45) is 0 Å². The first-order valence-electron chi connectivity index (χ1n) is 10.0. The van der Waals surface area contributed by atoms with Gasteiger partial charge in [0, 0.05) is 18.1 Å². The van der Waals surface area contributed by atoms with Crippen LogP contribution in [0.15, 0.2) is 89.7 Å². The van der Waals surface area contributed by atoms with E-state index >= 15 is 0 Å². The number of hydrogen-bond acceptors (Lipinski definition) is 2. The monoisotopic (exact) mass is 380 g/mol. The summed E-state index contributed by atoms with van der Waals surface area (Å²) in [6, 6.07) is 28.6. The fourth-order valence-corrected chi connectivity index (χ4v) is 3.51. The quantitative estimate of drug-likeness (QED) is 0.470. The molecule has 0 saturated heterocycles.